The maximum atomic E-state index is 6.03. The van der Waals surface area contributed by atoms with Crippen LogP contribution >= 0.6 is 0 Å². The second-order valence-electron chi connectivity index (χ2n) is 5.31. The van der Waals surface area contributed by atoms with Crippen molar-refractivity contribution in [2.24, 2.45) is 0 Å². The smallest absolute Gasteiger partial charge is 0.120 e. The Labute approximate surface area is 119 Å². The lowest BCUT2D eigenvalue weighted by Gasteiger charge is -2.09. The molecule has 2 atom stereocenters. The highest BCUT2D eigenvalue weighted by molar-refractivity contribution is 5.51. The van der Waals surface area contributed by atoms with Crippen molar-refractivity contribution in [1.29, 1.82) is 0 Å². The van der Waals surface area contributed by atoms with Crippen LogP contribution in [0.5, 0.6) is 5.75 Å². The number of nitrogens with two attached hydrogens (primary N) is 1. The summed E-state index contributed by atoms with van der Waals surface area (Å²) in [5, 5.41) is 3.58. The fourth-order valence-corrected chi connectivity index (χ4v) is 2.59. The summed E-state index contributed by atoms with van der Waals surface area (Å²) in [4.78, 5) is 0. The molecule has 2 aromatic carbocycles. The summed E-state index contributed by atoms with van der Waals surface area (Å²) in [6.45, 7) is 0.809. The van der Waals surface area contributed by atoms with Crippen molar-refractivity contribution in [3.8, 4) is 5.75 Å². The number of nitrogens with one attached hydrogen (secondary N) is 1. The lowest BCUT2D eigenvalue weighted by atomic mass is 10.1. The van der Waals surface area contributed by atoms with Crippen LogP contribution in [0, 0.1) is 0 Å². The zero-order chi connectivity index (χ0) is 13.9. The lowest BCUT2D eigenvalue weighted by molar-refractivity contribution is 0.415. The van der Waals surface area contributed by atoms with Gasteiger partial charge in [-0.25, -0.2) is 0 Å². The largest absolute Gasteiger partial charge is 0.497 e. The molecule has 0 saturated heterocycles. The van der Waals surface area contributed by atoms with Gasteiger partial charge < -0.3 is 15.8 Å². The average Bonchev–Trinajstić information content (AvgIpc) is 3.26. The van der Waals surface area contributed by atoms with E-state index in [2.05, 4.69) is 35.6 Å². The Morgan fingerprint density at radius 1 is 1.20 bits per heavy atom. The van der Waals surface area contributed by atoms with Crippen LogP contribution in [0.4, 0.5) is 5.69 Å². The molecule has 0 aromatic heterocycles. The van der Waals surface area contributed by atoms with Gasteiger partial charge in [0, 0.05) is 30.3 Å². The highest BCUT2D eigenvalue weighted by Gasteiger charge is 2.37. The van der Waals surface area contributed by atoms with E-state index in [1.807, 2.05) is 18.2 Å². The van der Waals surface area contributed by atoms with E-state index >= 15 is 0 Å². The van der Waals surface area contributed by atoms with Crippen LogP contribution < -0.4 is 15.8 Å². The van der Waals surface area contributed by atoms with E-state index in [9.17, 15) is 0 Å². The van der Waals surface area contributed by atoms with Gasteiger partial charge in [-0.05, 0) is 23.6 Å². The molecule has 1 aliphatic rings. The van der Waals surface area contributed by atoms with Crippen LogP contribution in [-0.2, 0) is 6.54 Å². The predicted molar refractivity (Wildman–Crippen MR) is 81.8 cm³/mol. The minimum absolute atomic E-state index is 0.568. The lowest BCUT2D eigenvalue weighted by Crippen LogP contribution is -2.18. The standard InChI is InChI=1S/C17H20N2O/c1-20-14-8-7-13(16(18)9-14)11-19-17-10-15(17)12-5-3-2-4-6-12/h2-9,15,17,19H,10-11,18H2,1H3. The first-order chi connectivity index (χ1) is 9.78. The summed E-state index contributed by atoms with van der Waals surface area (Å²) in [5.41, 5.74) is 9.37. The molecule has 3 N–H and O–H groups in total. The third-order valence-corrected chi connectivity index (χ3v) is 3.93. The third-order valence-electron chi connectivity index (χ3n) is 3.93. The van der Waals surface area contributed by atoms with Crippen LogP contribution in [0.1, 0.15) is 23.5 Å². The third kappa shape index (κ3) is 2.78. The summed E-state index contributed by atoms with van der Waals surface area (Å²) in [7, 11) is 1.65. The van der Waals surface area contributed by atoms with Crippen LogP contribution in [-0.4, -0.2) is 13.2 Å². The number of rotatable bonds is 5. The van der Waals surface area contributed by atoms with E-state index in [1.165, 1.54) is 12.0 Å². The Hall–Kier alpha value is -2.00. The van der Waals surface area contributed by atoms with Crippen molar-refractivity contribution in [3.05, 3.63) is 59.7 Å². The molecule has 20 heavy (non-hydrogen) atoms. The quantitative estimate of drug-likeness (QED) is 0.820. The fraction of sp³-hybridized carbons (Fsp3) is 0.294. The van der Waals surface area contributed by atoms with Gasteiger partial charge >= 0.3 is 0 Å². The Kier molecular flexibility index (Phi) is 3.61. The minimum Gasteiger partial charge on any atom is -0.497 e. The van der Waals surface area contributed by atoms with E-state index in [4.69, 9.17) is 10.5 Å². The number of methoxy groups -OCH3 is 1. The van der Waals surface area contributed by atoms with Gasteiger partial charge in [-0.3, -0.25) is 0 Å². The molecule has 0 amide bonds. The second kappa shape index (κ2) is 5.55. The van der Waals surface area contributed by atoms with E-state index in [1.54, 1.807) is 7.11 Å². The van der Waals surface area contributed by atoms with Crippen molar-refractivity contribution < 1.29 is 4.74 Å². The zero-order valence-electron chi connectivity index (χ0n) is 11.7. The topological polar surface area (TPSA) is 47.3 Å². The van der Waals surface area contributed by atoms with Crippen LogP contribution in [0.2, 0.25) is 0 Å². The first kappa shape index (κ1) is 13.0. The summed E-state index contributed by atoms with van der Waals surface area (Å²) in [5.74, 6) is 1.45. The maximum absolute atomic E-state index is 6.03. The van der Waals surface area contributed by atoms with Crippen molar-refractivity contribution in [2.45, 2.75) is 24.9 Å². The number of hydrogen-bond acceptors (Lipinski definition) is 3. The Bertz CT molecular complexity index is 583. The van der Waals surface area contributed by atoms with Gasteiger partial charge in [0.15, 0.2) is 0 Å². The number of hydrogen-bond donors (Lipinski definition) is 2. The molecule has 3 nitrogen and oxygen atoms in total. The second-order valence-corrected chi connectivity index (χ2v) is 5.31. The monoisotopic (exact) mass is 268 g/mol. The summed E-state index contributed by atoms with van der Waals surface area (Å²) in [6.07, 6.45) is 1.21. The van der Waals surface area contributed by atoms with Crippen molar-refractivity contribution in [2.75, 3.05) is 12.8 Å². The Morgan fingerprint density at radius 3 is 2.70 bits per heavy atom. The van der Waals surface area contributed by atoms with E-state index in [-0.39, 0.29) is 0 Å². The molecule has 2 unspecified atom stereocenters. The normalized spacial score (nSPS) is 20.6. The number of benzene rings is 2. The van der Waals surface area contributed by atoms with Crippen molar-refractivity contribution in [1.82, 2.24) is 5.32 Å². The molecule has 2 aromatic rings. The number of anilines is 1. The van der Waals surface area contributed by atoms with Gasteiger partial charge in [-0.15, -0.1) is 0 Å². The molecule has 0 spiro atoms. The highest BCUT2D eigenvalue weighted by Crippen LogP contribution is 2.40. The predicted octanol–water partition coefficient (Wildman–Crippen LogP) is 2.92. The summed E-state index contributed by atoms with van der Waals surface area (Å²) in [6, 6.07) is 17.1. The van der Waals surface area contributed by atoms with E-state index in [0.29, 0.717) is 12.0 Å². The molecule has 0 aliphatic heterocycles. The van der Waals surface area contributed by atoms with Gasteiger partial charge in [-0.2, -0.15) is 0 Å². The van der Waals surface area contributed by atoms with Crippen LogP contribution in [0.25, 0.3) is 0 Å². The fourth-order valence-electron chi connectivity index (χ4n) is 2.59. The van der Waals surface area contributed by atoms with Crippen LogP contribution in [0.15, 0.2) is 48.5 Å². The van der Waals surface area contributed by atoms with Crippen molar-refractivity contribution in [3.63, 3.8) is 0 Å². The van der Waals surface area contributed by atoms with Gasteiger partial charge in [0.2, 0.25) is 0 Å². The van der Waals surface area contributed by atoms with Crippen LogP contribution in [0.3, 0.4) is 0 Å². The van der Waals surface area contributed by atoms with E-state index in [0.717, 1.165) is 23.5 Å². The molecule has 104 valence electrons. The molecule has 1 saturated carbocycles. The molecular formula is C17H20N2O. The maximum Gasteiger partial charge on any atom is 0.120 e. The minimum atomic E-state index is 0.568. The average molecular weight is 268 g/mol. The molecule has 3 rings (SSSR count). The molecule has 1 fully saturated rings. The van der Waals surface area contributed by atoms with Gasteiger partial charge in [0.1, 0.15) is 5.75 Å². The molecule has 3 heteroatoms. The molecular weight excluding hydrogens is 248 g/mol. The first-order valence-corrected chi connectivity index (χ1v) is 6.98. The Balaban J connectivity index is 1.56. The summed E-state index contributed by atoms with van der Waals surface area (Å²) < 4.78 is 5.16. The summed E-state index contributed by atoms with van der Waals surface area (Å²) >= 11 is 0. The molecule has 0 bridgehead atoms. The Morgan fingerprint density at radius 2 is 2.00 bits per heavy atom. The first-order valence-electron chi connectivity index (χ1n) is 6.98. The van der Waals surface area contributed by atoms with Crippen molar-refractivity contribution >= 4 is 5.69 Å². The van der Waals surface area contributed by atoms with E-state index < -0.39 is 0 Å². The number of nitrogen functional groups attached to an aromatic ring is 1. The molecule has 1 aliphatic carbocycles. The molecule has 0 radical (unpaired) electrons. The SMILES string of the molecule is COc1ccc(CNC2CC2c2ccccc2)c(N)c1. The molecule has 0 heterocycles. The van der Waals surface area contributed by atoms with Gasteiger partial charge in [-0.1, -0.05) is 36.4 Å². The van der Waals surface area contributed by atoms with Gasteiger partial charge in [0.05, 0.1) is 7.11 Å². The zero-order valence-corrected chi connectivity index (χ0v) is 11.7. The highest BCUT2D eigenvalue weighted by atomic mass is 16.5. The number of ether oxygens (including phenoxy) is 1. The van der Waals surface area contributed by atoms with Gasteiger partial charge in [0.25, 0.3) is 0 Å².